The maximum absolute atomic E-state index is 4.32. The van der Waals surface area contributed by atoms with Crippen molar-refractivity contribution in [3.05, 3.63) is 24.2 Å². The molecule has 2 heterocycles. The summed E-state index contributed by atoms with van der Waals surface area (Å²) in [5.74, 6) is 0. The van der Waals surface area contributed by atoms with E-state index in [1.54, 1.807) is 18.1 Å². The fourth-order valence-corrected chi connectivity index (χ4v) is 1.71. The van der Waals surface area contributed by atoms with Crippen LogP contribution in [0.4, 0.5) is 0 Å². The van der Waals surface area contributed by atoms with Gasteiger partial charge in [0.1, 0.15) is 11.4 Å². The molecule has 0 aromatic carbocycles. The summed E-state index contributed by atoms with van der Waals surface area (Å²) < 4.78 is 0. The Kier molecular flexibility index (Phi) is 2.14. The summed E-state index contributed by atoms with van der Waals surface area (Å²) in [6, 6.07) is 3.99. The number of hydrogen-bond acceptors (Lipinski definition) is 4. The summed E-state index contributed by atoms with van der Waals surface area (Å²) in [5.41, 5.74) is 1.76. The minimum Gasteiger partial charge on any atom is -0.233 e. The van der Waals surface area contributed by atoms with Crippen LogP contribution in [0.1, 0.15) is 5.69 Å². The average molecular weight is 191 g/mol. The monoisotopic (exact) mass is 191 g/mol. The van der Waals surface area contributed by atoms with Crippen LogP contribution in [0.25, 0.3) is 11.0 Å². The molecule has 0 amide bonds. The van der Waals surface area contributed by atoms with Crippen molar-refractivity contribution in [2.24, 2.45) is 0 Å². The summed E-state index contributed by atoms with van der Waals surface area (Å²) in [6.07, 6.45) is 3.56. The first-order chi connectivity index (χ1) is 6.31. The zero-order valence-electron chi connectivity index (χ0n) is 7.48. The second-order valence-corrected chi connectivity index (χ2v) is 3.50. The summed E-state index contributed by atoms with van der Waals surface area (Å²) in [5, 5.41) is 2.01. The molecule has 0 aliphatic carbocycles. The fourth-order valence-electron chi connectivity index (χ4n) is 1.18. The Morgan fingerprint density at radius 3 is 2.85 bits per heavy atom. The van der Waals surface area contributed by atoms with Gasteiger partial charge in [0.15, 0.2) is 5.65 Å². The topological polar surface area (TPSA) is 38.7 Å². The average Bonchev–Trinajstić information content (AvgIpc) is 2.16. The molecule has 2 aromatic heterocycles. The third-order valence-corrected chi connectivity index (χ3v) is 2.51. The lowest BCUT2D eigenvalue weighted by atomic mass is 10.3. The van der Waals surface area contributed by atoms with Crippen LogP contribution in [0, 0.1) is 6.92 Å². The Labute approximate surface area is 80.6 Å². The van der Waals surface area contributed by atoms with Gasteiger partial charge in [0.2, 0.25) is 0 Å². The van der Waals surface area contributed by atoms with Crippen molar-refractivity contribution in [1.29, 1.82) is 0 Å². The molecule has 3 nitrogen and oxygen atoms in total. The molecular formula is C9H9N3S. The molecule has 0 aliphatic heterocycles. The van der Waals surface area contributed by atoms with E-state index in [9.17, 15) is 0 Å². The number of hydrogen-bond donors (Lipinski definition) is 0. The maximum Gasteiger partial charge on any atom is 0.163 e. The maximum atomic E-state index is 4.32. The largest absolute Gasteiger partial charge is 0.233 e. The summed E-state index contributed by atoms with van der Waals surface area (Å²) in [7, 11) is 0. The van der Waals surface area contributed by atoms with Gasteiger partial charge in [-0.1, -0.05) is 0 Å². The van der Waals surface area contributed by atoms with Crippen molar-refractivity contribution in [3.63, 3.8) is 0 Å². The lowest BCUT2D eigenvalue weighted by Gasteiger charge is -2.00. The minimum atomic E-state index is 0.777. The summed E-state index contributed by atoms with van der Waals surface area (Å²) >= 11 is 1.61. The Balaban J connectivity index is 2.77. The molecule has 0 radical (unpaired) electrons. The lowest BCUT2D eigenvalue weighted by molar-refractivity contribution is 1.07. The van der Waals surface area contributed by atoms with Crippen molar-refractivity contribution in [2.45, 2.75) is 11.9 Å². The van der Waals surface area contributed by atoms with E-state index in [0.29, 0.717) is 0 Å². The SMILES string of the molecule is CSc1ncnc2nc(C)ccc12. The highest BCUT2D eigenvalue weighted by atomic mass is 32.2. The predicted octanol–water partition coefficient (Wildman–Crippen LogP) is 2.06. The molecule has 66 valence electrons. The molecule has 0 saturated carbocycles. The molecule has 0 saturated heterocycles. The minimum absolute atomic E-state index is 0.777. The molecule has 0 fully saturated rings. The lowest BCUT2D eigenvalue weighted by Crippen LogP contribution is -1.90. The molecule has 0 N–H and O–H groups in total. The fraction of sp³-hybridized carbons (Fsp3) is 0.222. The van der Waals surface area contributed by atoms with Crippen molar-refractivity contribution in [3.8, 4) is 0 Å². The van der Waals surface area contributed by atoms with E-state index in [-0.39, 0.29) is 0 Å². The standard InChI is InChI=1S/C9H9N3S/c1-6-3-4-7-8(12-6)10-5-11-9(7)13-2/h3-5H,1-2H3. The van der Waals surface area contributed by atoms with Crippen LogP contribution < -0.4 is 0 Å². The third kappa shape index (κ3) is 1.49. The van der Waals surface area contributed by atoms with Crippen LogP contribution in [0.3, 0.4) is 0 Å². The van der Waals surface area contributed by atoms with Gasteiger partial charge in [0.25, 0.3) is 0 Å². The van der Waals surface area contributed by atoms with Crippen LogP contribution in [-0.4, -0.2) is 21.2 Å². The second kappa shape index (κ2) is 3.30. The Bertz CT molecular complexity index is 442. The summed E-state index contributed by atoms with van der Waals surface area (Å²) in [6.45, 7) is 1.96. The van der Waals surface area contributed by atoms with Gasteiger partial charge in [0, 0.05) is 5.69 Å². The van der Waals surface area contributed by atoms with E-state index in [4.69, 9.17) is 0 Å². The first-order valence-electron chi connectivity index (χ1n) is 3.93. The van der Waals surface area contributed by atoms with Gasteiger partial charge in [-0.3, -0.25) is 0 Å². The molecule has 13 heavy (non-hydrogen) atoms. The quantitative estimate of drug-likeness (QED) is 0.511. The van der Waals surface area contributed by atoms with Gasteiger partial charge in [-0.25, -0.2) is 15.0 Å². The van der Waals surface area contributed by atoms with E-state index in [0.717, 1.165) is 21.8 Å². The zero-order valence-corrected chi connectivity index (χ0v) is 8.30. The van der Waals surface area contributed by atoms with Crippen molar-refractivity contribution >= 4 is 22.8 Å². The van der Waals surface area contributed by atoms with Gasteiger partial charge < -0.3 is 0 Å². The Hall–Kier alpha value is -1.16. The van der Waals surface area contributed by atoms with E-state index in [1.165, 1.54) is 0 Å². The molecule has 2 aromatic rings. The van der Waals surface area contributed by atoms with Crippen molar-refractivity contribution < 1.29 is 0 Å². The van der Waals surface area contributed by atoms with Crippen LogP contribution in [-0.2, 0) is 0 Å². The Morgan fingerprint density at radius 2 is 2.08 bits per heavy atom. The van der Waals surface area contributed by atoms with E-state index < -0.39 is 0 Å². The molecule has 0 bridgehead atoms. The number of fused-ring (bicyclic) bond motifs is 1. The highest BCUT2D eigenvalue weighted by Gasteiger charge is 2.02. The smallest absolute Gasteiger partial charge is 0.163 e. The number of thioether (sulfide) groups is 1. The normalized spacial score (nSPS) is 10.6. The predicted molar refractivity (Wildman–Crippen MR) is 53.9 cm³/mol. The van der Waals surface area contributed by atoms with E-state index >= 15 is 0 Å². The number of aryl methyl sites for hydroxylation is 1. The summed E-state index contributed by atoms with van der Waals surface area (Å²) in [4.78, 5) is 12.6. The van der Waals surface area contributed by atoms with Crippen LogP contribution in [0.5, 0.6) is 0 Å². The number of nitrogens with zero attached hydrogens (tertiary/aromatic N) is 3. The molecule has 2 rings (SSSR count). The molecule has 4 heteroatoms. The molecular weight excluding hydrogens is 182 g/mol. The zero-order chi connectivity index (χ0) is 9.26. The van der Waals surface area contributed by atoms with Gasteiger partial charge in [-0.15, -0.1) is 11.8 Å². The highest BCUT2D eigenvalue weighted by Crippen LogP contribution is 2.20. The molecule has 0 unspecified atom stereocenters. The van der Waals surface area contributed by atoms with Crippen LogP contribution in [0.15, 0.2) is 23.5 Å². The first-order valence-corrected chi connectivity index (χ1v) is 5.16. The Morgan fingerprint density at radius 1 is 1.23 bits per heavy atom. The molecule has 0 atom stereocenters. The van der Waals surface area contributed by atoms with Gasteiger partial charge in [-0.2, -0.15) is 0 Å². The second-order valence-electron chi connectivity index (χ2n) is 2.71. The van der Waals surface area contributed by atoms with Gasteiger partial charge in [0.05, 0.1) is 5.39 Å². The molecule has 0 aliphatic rings. The van der Waals surface area contributed by atoms with Gasteiger partial charge >= 0.3 is 0 Å². The van der Waals surface area contributed by atoms with Crippen molar-refractivity contribution in [1.82, 2.24) is 15.0 Å². The number of pyridine rings is 1. The van der Waals surface area contributed by atoms with E-state index in [2.05, 4.69) is 15.0 Å². The first kappa shape index (κ1) is 8.44. The van der Waals surface area contributed by atoms with Crippen LogP contribution >= 0.6 is 11.8 Å². The number of rotatable bonds is 1. The number of aromatic nitrogens is 3. The van der Waals surface area contributed by atoms with Gasteiger partial charge in [-0.05, 0) is 25.3 Å². The van der Waals surface area contributed by atoms with Crippen molar-refractivity contribution in [2.75, 3.05) is 6.26 Å². The third-order valence-electron chi connectivity index (χ3n) is 1.79. The molecule has 0 spiro atoms. The van der Waals surface area contributed by atoms with Crippen LogP contribution in [0.2, 0.25) is 0 Å². The highest BCUT2D eigenvalue weighted by molar-refractivity contribution is 7.98. The van der Waals surface area contributed by atoms with E-state index in [1.807, 2.05) is 25.3 Å².